The first kappa shape index (κ1) is 18.0. The van der Waals surface area contributed by atoms with Crippen LogP contribution in [0.4, 0.5) is 0 Å². The van der Waals surface area contributed by atoms with E-state index in [9.17, 15) is 0 Å². The van der Waals surface area contributed by atoms with Crippen LogP contribution in [0.15, 0.2) is 49.1 Å². The molecule has 0 aliphatic heterocycles. The van der Waals surface area contributed by atoms with Gasteiger partial charge >= 0.3 is 0 Å². The molecule has 0 N–H and O–H groups in total. The van der Waals surface area contributed by atoms with Crippen LogP contribution in [0.25, 0.3) is 0 Å². The number of rotatable bonds is 13. The molecule has 0 amide bonds. The van der Waals surface area contributed by atoms with Gasteiger partial charge in [-0.1, -0.05) is 94.6 Å². The van der Waals surface area contributed by atoms with Crippen molar-refractivity contribution in [2.75, 3.05) is 0 Å². The van der Waals surface area contributed by atoms with Gasteiger partial charge in [-0.05, 0) is 25.7 Å². The van der Waals surface area contributed by atoms with E-state index in [4.69, 9.17) is 0 Å². The summed E-state index contributed by atoms with van der Waals surface area (Å²) in [5.74, 6) is 0. The molecule has 19 heavy (non-hydrogen) atoms. The summed E-state index contributed by atoms with van der Waals surface area (Å²) < 4.78 is 0. The van der Waals surface area contributed by atoms with E-state index in [1.54, 1.807) is 0 Å². The summed E-state index contributed by atoms with van der Waals surface area (Å²) >= 11 is 0. The minimum atomic E-state index is 1.01. The van der Waals surface area contributed by atoms with E-state index in [-0.39, 0.29) is 0 Å². The van der Waals surface area contributed by atoms with Gasteiger partial charge in [-0.25, -0.2) is 0 Å². The van der Waals surface area contributed by atoms with E-state index in [0.717, 1.165) is 12.8 Å². The molecular weight excluding hydrogens is 228 g/mol. The van der Waals surface area contributed by atoms with Gasteiger partial charge in [-0.2, -0.15) is 0 Å². The second-order valence-electron chi connectivity index (χ2n) is 4.99. The van der Waals surface area contributed by atoms with E-state index in [1.165, 1.54) is 51.4 Å². The molecule has 0 atom stereocenters. The Labute approximate surface area is 121 Å². The zero-order chi connectivity index (χ0) is 14.0. The molecule has 0 aromatic heterocycles. The molecule has 0 saturated carbocycles. The molecule has 0 heterocycles. The van der Waals surface area contributed by atoms with Gasteiger partial charge in [0.1, 0.15) is 0 Å². The quantitative estimate of drug-likeness (QED) is 0.195. The second kappa shape index (κ2) is 17.0. The first-order valence-electron chi connectivity index (χ1n) is 7.99. The van der Waals surface area contributed by atoms with Crippen LogP contribution in [-0.2, 0) is 0 Å². The highest BCUT2D eigenvalue weighted by atomic mass is 13.9. The van der Waals surface area contributed by atoms with Gasteiger partial charge in [0.25, 0.3) is 0 Å². The smallest absolute Gasteiger partial charge is 0.0166 e. The molecule has 0 rings (SSSR count). The molecule has 0 nitrogen and oxygen atoms in total. The number of unbranched alkanes of at least 4 members (excludes halogenated alkanes) is 7. The highest BCUT2D eigenvalue weighted by molar-refractivity contribution is 5.02. The Bertz CT molecular complexity index is 255. The maximum Gasteiger partial charge on any atom is -0.0166 e. The third-order valence-corrected chi connectivity index (χ3v) is 3.12. The van der Waals surface area contributed by atoms with Crippen molar-refractivity contribution in [2.24, 2.45) is 0 Å². The van der Waals surface area contributed by atoms with Crippen LogP contribution in [-0.4, -0.2) is 0 Å². The Hall–Kier alpha value is -1.04. The molecule has 0 aromatic carbocycles. The van der Waals surface area contributed by atoms with Gasteiger partial charge in [0.05, 0.1) is 0 Å². The van der Waals surface area contributed by atoms with Crippen LogP contribution in [0.5, 0.6) is 0 Å². The van der Waals surface area contributed by atoms with Crippen molar-refractivity contribution in [1.82, 2.24) is 0 Å². The van der Waals surface area contributed by atoms with E-state index < -0.39 is 0 Å². The Morgan fingerprint density at radius 1 is 0.684 bits per heavy atom. The SMILES string of the molecule is C=C/C=C/C/C=C/C/C=C/CCCCCCCCC. The highest BCUT2D eigenvalue weighted by Gasteiger charge is 1.88. The number of hydrogen-bond acceptors (Lipinski definition) is 0. The second-order valence-corrected chi connectivity index (χ2v) is 4.99. The number of hydrogen-bond donors (Lipinski definition) is 0. The van der Waals surface area contributed by atoms with Crippen molar-refractivity contribution in [3.05, 3.63) is 49.1 Å². The summed E-state index contributed by atoms with van der Waals surface area (Å²) in [4.78, 5) is 0. The largest absolute Gasteiger partial charge is 0.0991 e. The van der Waals surface area contributed by atoms with Crippen molar-refractivity contribution >= 4 is 0 Å². The lowest BCUT2D eigenvalue weighted by atomic mass is 10.1. The zero-order valence-corrected chi connectivity index (χ0v) is 12.8. The minimum Gasteiger partial charge on any atom is -0.0991 e. The van der Waals surface area contributed by atoms with Crippen molar-refractivity contribution in [1.29, 1.82) is 0 Å². The Balaban J connectivity index is 3.21. The topological polar surface area (TPSA) is 0 Å². The number of allylic oxidation sites excluding steroid dienone is 7. The average Bonchev–Trinajstić information content (AvgIpc) is 2.43. The molecule has 0 fully saturated rings. The van der Waals surface area contributed by atoms with Crippen molar-refractivity contribution in [3.8, 4) is 0 Å². The lowest BCUT2D eigenvalue weighted by Crippen LogP contribution is -1.78. The summed E-state index contributed by atoms with van der Waals surface area (Å²) in [7, 11) is 0. The lowest BCUT2D eigenvalue weighted by molar-refractivity contribution is 0.592. The summed E-state index contributed by atoms with van der Waals surface area (Å²) in [6.45, 7) is 5.91. The summed E-state index contributed by atoms with van der Waals surface area (Å²) in [5, 5.41) is 0. The third-order valence-electron chi connectivity index (χ3n) is 3.12. The summed E-state index contributed by atoms with van der Waals surface area (Å²) in [6, 6.07) is 0. The Kier molecular flexibility index (Phi) is 16.0. The van der Waals surface area contributed by atoms with Crippen LogP contribution in [0.3, 0.4) is 0 Å². The Morgan fingerprint density at radius 3 is 1.95 bits per heavy atom. The maximum atomic E-state index is 3.64. The molecule has 0 saturated heterocycles. The summed E-state index contributed by atoms with van der Waals surface area (Å²) in [5.41, 5.74) is 0. The monoisotopic (exact) mass is 260 g/mol. The van der Waals surface area contributed by atoms with Gasteiger partial charge in [0.2, 0.25) is 0 Å². The normalized spacial score (nSPS) is 12.1. The molecule has 0 bridgehead atoms. The fourth-order valence-electron chi connectivity index (χ4n) is 1.96. The van der Waals surface area contributed by atoms with Gasteiger partial charge in [-0.15, -0.1) is 0 Å². The third kappa shape index (κ3) is 17.0. The first-order chi connectivity index (χ1) is 9.41. The predicted molar refractivity (Wildman–Crippen MR) is 89.5 cm³/mol. The minimum absolute atomic E-state index is 1.01. The van der Waals surface area contributed by atoms with Crippen LogP contribution in [0.2, 0.25) is 0 Å². The van der Waals surface area contributed by atoms with Gasteiger partial charge in [0, 0.05) is 0 Å². The molecule has 108 valence electrons. The van der Waals surface area contributed by atoms with Crippen LogP contribution >= 0.6 is 0 Å². The molecule has 0 heteroatoms. The van der Waals surface area contributed by atoms with Crippen LogP contribution < -0.4 is 0 Å². The lowest BCUT2D eigenvalue weighted by Gasteiger charge is -1.98. The first-order valence-corrected chi connectivity index (χ1v) is 7.99. The summed E-state index contributed by atoms with van der Waals surface area (Å²) in [6.07, 6.45) is 28.1. The van der Waals surface area contributed by atoms with E-state index >= 15 is 0 Å². The van der Waals surface area contributed by atoms with Crippen LogP contribution in [0.1, 0.15) is 71.1 Å². The van der Waals surface area contributed by atoms with Gasteiger partial charge in [0.15, 0.2) is 0 Å². The standard InChI is InChI=1S/C19H32/c1-3-5-7-9-11-13-15-17-19-18-16-14-12-10-8-6-4-2/h3,5,7,11,13,17,19H,1,4,6,8-10,12,14-16,18H2,2H3/b7-5+,13-11+,19-17+. The van der Waals surface area contributed by atoms with Crippen LogP contribution in [0, 0.1) is 0 Å². The van der Waals surface area contributed by atoms with E-state index in [1.807, 2.05) is 12.2 Å². The van der Waals surface area contributed by atoms with Gasteiger partial charge < -0.3 is 0 Å². The molecule has 0 aliphatic carbocycles. The Morgan fingerprint density at radius 2 is 1.26 bits per heavy atom. The van der Waals surface area contributed by atoms with E-state index in [2.05, 4.69) is 43.9 Å². The molecule has 0 unspecified atom stereocenters. The molecule has 0 spiro atoms. The average molecular weight is 260 g/mol. The fourth-order valence-corrected chi connectivity index (χ4v) is 1.96. The van der Waals surface area contributed by atoms with Crippen molar-refractivity contribution in [3.63, 3.8) is 0 Å². The predicted octanol–water partition coefficient (Wildman–Crippen LogP) is 6.76. The fraction of sp³-hybridized carbons (Fsp3) is 0.579. The van der Waals surface area contributed by atoms with Gasteiger partial charge in [-0.3, -0.25) is 0 Å². The van der Waals surface area contributed by atoms with Crippen molar-refractivity contribution < 1.29 is 0 Å². The molecule has 0 aliphatic rings. The highest BCUT2D eigenvalue weighted by Crippen LogP contribution is 2.08. The van der Waals surface area contributed by atoms with Crippen molar-refractivity contribution in [2.45, 2.75) is 71.1 Å². The zero-order valence-electron chi connectivity index (χ0n) is 12.8. The molecular formula is C19H32. The molecule has 0 radical (unpaired) electrons. The van der Waals surface area contributed by atoms with E-state index in [0.29, 0.717) is 0 Å². The molecule has 0 aromatic rings. The maximum absolute atomic E-state index is 3.64.